The Bertz CT molecular complexity index is 897. The number of carbonyl (C=O) groups excluding carboxylic acids is 1. The summed E-state index contributed by atoms with van der Waals surface area (Å²) in [4.78, 5) is 12.0. The SMILES string of the molecule is COc1ccc(NC(=O)NCCNc2ccc(-n3cccc3)nn2)cc1OC. The molecule has 2 amide bonds. The van der Waals surface area contributed by atoms with E-state index in [1.807, 2.05) is 41.2 Å². The highest BCUT2D eigenvalue weighted by Crippen LogP contribution is 2.29. The van der Waals surface area contributed by atoms with Gasteiger partial charge < -0.3 is 30.0 Å². The van der Waals surface area contributed by atoms with Gasteiger partial charge in [0.15, 0.2) is 17.3 Å². The van der Waals surface area contributed by atoms with Gasteiger partial charge in [0.2, 0.25) is 0 Å². The quantitative estimate of drug-likeness (QED) is 0.518. The molecule has 9 nitrogen and oxygen atoms in total. The van der Waals surface area contributed by atoms with Crippen molar-refractivity contribution in [2.45, 2.75) is 0 Å². The smallest absolute Gasteiger partial charge is 0.319 e. The van der Waals surface area contributed by atoms with Gasteiger partial charge in [0.25, 0.3) is 0 Å². The molecule has 2 aromatic heterocycles. The van der Waals surface area contributed by atoms with Crippen LogP contribution in [0, 0.1) is 0 Å². The average Bonchev–Trinajstić information content (AvgIpc) is 3.26. The number of carbonyl (C=O) groups is 1. The van der Waals surface area contributed by atoms with Gasteiger partial charge in [-0.3, -0.25) is 0 Å². The number of benzene rings is 1. The van der Waals surface area contributed by atoms with E-state index in [1.54, 1.807) is 32.4 Å². The van der Waals surface area contributed by atoms with Crippen LogP contribution in [-0.2, 0) is 0 Å². The summed E-state index contributed by atoms with van der Waals surface area (Å²) in [5.41, 5.74) is 0.606. The number of nitrogens with zero attached hydrogens (tertiary/aromatic N) is 3. The summed E-state index contributed by atoms with van der Waals surface area (Å²) in [5, 5.41) is 16.9. The fraction of sp³-hybridized carbons (Fsp3) is 0.211. The summed E-state index contributed by atoms with van der Waals surface area (Å²) in [5.74, 6) is 2.52. The van der Waals surface area contributed by atoms with Crippen LogP contribution in [0.4, 0.5) is 16.3 Å². The number of hydrogen-bond donors (Lipinski definition) is 3. The Morgan fingerprint density at radius 2 is 1.79 bits per heavy atom. The van der Waals surface area contributed by atoms with Crippen molar-refractivity contribution < 1.29 is 14.3 Å². The number of methoxy groups -OCH3 is 2. The van der Waals surface area contributed by atoms with Crippen LogP contribution >= 0.6 is 0 Å². The van der Waals surface area contributed by atoms with E-state index < -0.39 is 0 Å². The maximum atomic E-state index is 12.0. The van der Waals surface area contributed by atoms with Crippen molar-refractivity contribution in [3.05, 3.63) is 54.9 Å². The second-order valence-electron chi connectivity index (χ2n) is 5.74. The molecule has 0 bridgehead atoms. The van der Waals surface area contributed by atoms with Crippen molar-refractivity contribution in [2.75, 3.05) is 37.9 Å². The molecule has 0 unspecified atom stereocenters. The van der Waals surface area contributed by atoms with Crippen LogP contribution in [0.25, 0.3) is 5.82 Å². The molecule has 0 aliphatic rings. The minimum atomic E-state index is -0.317. The van der Waals surface area contributed by atoms with Crippen LogP contribution in [0.5, 0.6) is 11.5 Å². The summed E-state index contributed by atoms with van der Waals surface area (Å²) in [7, 11) is 3.10. The summed E-state index contributed by atoms with van der Waals surface area (Å²) < 4.78 is 12.3. The predicted molar refractivity (Wildman–Crippen MR) is 106 cm³/mol. The van der Waals surface area contributed by atoms with Crippen LogP contribution in [0.15, 0.2) is 54.9 Å². The van der Waals surface area contributed by atoms with Gasteiger partial charge in [-0.15, -0.1) is 10.2 Å². The molecule has 3 N–H and O–H groups in total. The Kier molecular flexibility index (Phi) is 6.29. The first kappa shape index (κ1) is 19.0. The number of anilines is 2. The van der Waals surface area contributed by atoms with E-state index in [1.165, 1.54) is 0 Å². The highest BCUT2D eigenvalue weighted by Gasteiger charge is 2.07. The molecule has 0 radical (unpaired) electrons. The second-order valence-corrected chi connectivity index (χ2v) is 5.74. The van der Waals surface area contributed by atoms with Crippen molar-refractivity contribution in [3.63, 3.8) is 0 Å². The molecular weight excluding hydrogens is 360 g/mol. The minimum absolute atomic E-state index is 0.317. The fourth-order valence-electron chi connectivity index (χ4n) is 2.50. The summed E-state index contributed by atoms with van der Waals surface area (Å²) >= 11 is 0. The van der Waals surface area contributed by atoms with E-state index in [0.29, 0.717) is 36.1 Å². The number of ether oxygens (including phenoxy) is 2. The maximum Gasteiger partial charge on any atom is 0.319 e. The molecule has 1 aromatic carbocycles. The molecule has 0 atom stereocenters. The Labute approximate surface area is 162 Å². The lowest BCUT2D eigenvalue weighted by molar-refractivity contribution is 0.252. The van der Waals surface area contributed by atoms with Gasteiger partial charge in [0.1, 0.15) is 5.82 Å². The molecule has 0 saturated carbocycles. The summed E-state index contributed by atoms with van der Waals surface area (Å²) in [6.45, 7) is 0.928. The van der Waals surface area contributed by atoms with Crippen LogP contribution in [-0.4, -0.2) is 48.1 Å². The number of urea groups is 1. The Balaban J connectivity index is 1.42. The lowest BCUT2D eigenvalue weighted by atomic mass is 10.3. The van der Waals surface area contributed by atoms with Gasteiger partial charge in [0.05, 0.1) is 14.2 Å². The van der Waals surface area contributed by atoms with Crippen molar-refractivity contribution in [2.24, 2.45) is 0 Å². The molecule has 28 heavy (non-hydrogen) atoms. The van der Waals surface area contributed by atoms with Gasteiger partial charge in [-0.1, -0.05) is 0 Å². The topological polar surface area (TPSA) is 102 Å². The van der Waals surface area contributed by atoms with Gasteiger partial charge in [-0.05, 0) is 36.4 Å². The van der Waals surface area contributed by atoms with Gasteiger partial charge in [0, 0.05) is 37.2 Å². The lowest BCUT2D eigenvalue weighted by Gasteiger charge is -2.11. The van der Waals surface area contributed by atoms with Crippen LogP contribution < -0.4 is 25.4 Å². The van der Waals surface area contributed by atoms with Crippen molar-refractivity contribution in [3.8, 4) is 17.3 Å². The van der Waals surface area contributed by atoms with E-state index in [9.17, 15) is 4.79 Å². The van der Waals surface area contributed by atoms with E-state index in [2.05, 4.69) is 26.1 Å². The zero-order valence-electron chi connectivity index (χ0n) is 15.7. The standard InChI is InChI=1S/C19H22N6O3/c1-27-15-6-5-14(13-16(15)28-2)22-19(26)21-10-9-20-17-7-8-18(24-23-17)25-11-3-4-12-25/h3-8,11-13H,9-10H2,1-2H3,(H,20,23)(H2,21,22,26). The largest absolute Gasteiger partial charge is 0.493 e. The zero-order chi connectivity index (χ0) is 19.8. The molecule has 0 aliphatic heterocycles. The van der Waals surface area contributed by atoms with Crippen LogP contribution in [0.1, 0.15) is 0 Å². The summed E-state index contributed by atoms with van der Waals surface area (Å²) in [6.07, 6.45) is 3.80. The van der Waals surface area contributed by atoms with Crippen molar-refractivity contribution in [1.29, 1.82) is 0 Å². The summed E-state index contributed by atoms with van der Waals surface area (Å²) in [6, 6.07) is 12.4. The zero-order valence-corrected chi connectivity index (χ0v) is 15.7. The predicted octanol–water partition coefficient (Wildman–Crippen LogP) is 2.52. The second kappa shape index (κ2) is 9.26. The first-order valence-electron chi connectivity index (χ1n) is 8.67. The van der Waals surface area contributed by atoms with E-state index in [0.717, 1.165) is 5.82 Å². The number of amides is 2. The fourth-order valence-corrected chi connectivity index (χ4v) is 2.50. The van der Waals surface area contributed by atoms with Crippen molar-refractivity contribution >= 4 is 17.5 Å². The first-order valence-corrected chi connectivity index (χ1v) is 8.67. The molecule has 146 valence electrons. The van der Waals surface area contributed by atoms with Crippen LogP contribution in [0.3, 0.4) is 0 Å². The van der Waals surface area contributed by atoms with Gasteiger partial charge >= 0.3 is 6.03 Å². The number of rotatable bonds is 8. The Hall–Kier alpha value is -3.75. The number of hydrogen-bond acceptors (Lipinski definition) is 6. The molecule has 0 saturated heterocycles. The highest BCUT2D eigenvalue weighted by molar-refractivity contribution is 5.89. The van der Waals surface area contributed by atoms with Gasteiger partial charge in [-0.25, -0.2) is 4.79 Å². The third-order valence-corrected chi connectivity index (χ3v) is 3.88. The van der Waals surface area contributed by atoms with E-state index in [-0.39, 0.29) is 6.03 Å². The molecule has 0 aliphatic carbocycles. The molecular formula is C19H22N6O3. The Morgan fingerprint density at radius 1 is 1.00 bits per heavy atom. The highest BCUT2D eigenvalue weighted by atomic mass is 16.5. The van der Waals surface area contributed by atoms with E-state index in [4.69, 9.17) is 9.47 Å². The maximum absolute atomic E-state index is 12.0. The van der Waals surface area contributed by atoms with Gasteiger partial charge in [-0.2, -0.15) is 0 Å². The van der Waals surface area contributed by atoms with E-state index >= 15 is 0 Å². The minimum Gasteiger partial charge on any atom is -0.493 e. The Morgan fingerprint density at radius 3 is 2.46 bits per heavy atom. The third-order valence-electron chi connectivity index (χ3n) is 3.88. The number of nitrogens with one attached hydrogen (secondary N) is 3. The molecule has 0 fully saturated rings. The molecule has 3 rings (SSSR count). The lowest BCUT2D eigenvalue weighted by Crippen LogP contribution is -2.32. The molecule has 0 spiro atoms. The van der Waals surface area contributed by atoms with Crippen molar-refractivity contribution in [1.82, 2.24) is 20.1 Å². The molecule has 3 aromatic rings. The monoisotopic (exact) mass is 382 g/mol. The molecule has 2 heterocycles. The number of aromatic nitrogens is 3. The van der Waals surface area contributed by atoms with Crippen LogP contribution in [0.2, 0.25) is 0 Å². The molecule has 9 heteroatoms. The third kappa shape index (κ3) is 4.91. The first-order chi connectivity index (χ1) is 13.7. The normalized spacial score (nSPS) is 10.2. The average molecular weight is 382 g/mol.